The second kappa shape index (κ2) is 7.40. The van der Waals surface area contributed by atoms with Crippen molar-refractivity contribution in [2.45, 2.75) is 0 Å². The van der Waals surface area contributed by atoms with E-state index in [1.54, 1.807) is 30.3 Å². The van der Waals surface area contributed by atoms with Crippen molar-refractivity contribution in [2.24, 2.45) is 0 Å². The van der Waals surface area contributed by atoms with E-state index < -0.39 is 11.9 Å². The van der Waals surface area contributed by atoms with Gasteiger partial charge in [0.05, 0.1) is 3.79 Å². The molecule has 2 aromatic rings. The van der Waals surface area contributed by atoms with Crippen LogP contribution in [0.5, 0.6) is 0 Å². The second-order valence-corrected chi connectivity index (χ2v) is 7.52. The molecule has 0 aliphatic rings. The molecule has 8 heteroatoms. The highest BCUT2D eigenvalue weighted by molar-refractivity contribution is 9.13. The van der Waals surface area contributed by atoms with Crippen molar-refractivity contribution >= 4 is 72.4 Å². The molecule has 0 spiro atoms. The Morgan fingerprint density at radius 1 is 1.24 bits per heavy atom. The van der Waals surface area contributed by atoms with Crippen molar-refractivity contribution in [1.29, 1.82) is 0 Å². The Bertz CT molecular complexity index is 653. The highest BCUT2D eigenvalue weighted by Crippen LogP contribution is 2.32. The summed E-state index contributed by atoms with van der Waals surface area (Å²) in [6, 6.07) is 8.27. The molecule has 0 atom stereocenters. The molecule has 21 heavy (non-hydrogen) atoms. The first kappa shape index (κ1) is 16.5. The Labute approximate surface area is 146 Å². The third-order valence-corrected chi connectivity index (χ3v) is 5.80. The smallest absolute Gasteiger partial charge is 0.348 e. The highest BCUT2D eigenvalue weighted by atomic mass is 79.9. The molecular formula is C13H8Br2ClNO3S. The maximum Gasteiger partial charge on any atom is 0.348 e. The number of carbonyl (C=O) groups excluding carboxylic acids is 2. The molecule has 1 amide bonds. The monoisotopic (exact) mass is 451 g/mol. The second-order valence-electron chi connectivity index (χ2n) is 3.86. The van der Waals surface area contributed by atoms with Gasteiger partial charge in [-0.1, -0.05) is 11.6 Å². The number of halogens is 3. The van der Waals surface area contributed by atoms with Crippen molar-refractivity contribution < 1.29 is 14.3 Å². The summed E-state index contributed by atoms with van der Waals surface area (Å²) in [7, 11) is 0. The Balaban J connectivity index is 1.86. The normalized spacial score (nSPS) is 10.2. The molecule has 2 rings (SSSR count). The molecule has 1 N–H and O–H groups in total. The number of amides is 1. The fraction of sp³-hybridized carbons (Fsp3) is 0.0769. The van der Waals surface area contributed by atoms with Gasteiger partial charge >= 0.3 is 5.97 Å². The molecule has 0 aliphatic heterocycles. The van der Waals surface area contributed by atoms with Gasteiger partial charge in [0.2, 0.25) is 0 Å². The minimum absolute atomic E-state index is 0.353. The van der Waals surface area contributed by atoms with Crippen LogP contribution >= 0.6 is 54.8 Å². The molecule has 0 saturated carbocycles. The maximum absolute atomic E-state index is 11.8. The van der Waals surface area contributed by atoms with Gasteiger partial charge in [0, 0.05) is 15.2 Å². The van der Waals surface area contributed by atoms with Gasteiger partial charge in [-0.05, 0) is 62.2 Å². The van der Waals surface area contributed by atoms with E-state index in [0.29, 0.717) is 15.6 Å². The summed E-state index contributed by atoms with van der Waals surface area (Å²) < 4.78 is 6.51. The van der Waals surface area contributed by atoms with Gasteiger partial charge in [0.1, 0.15) is 4.88 Å². The lowest BCUT2D eigenvalue weighted by Crippen LogP contribution is -2.20. The van der Waals surface area contributed by atoms with Gasteiger partial charge in [-0.2, -0.15) is 0 Å². The Hall–Kier alpha value is -0.890. The number of thiophene rings is 1. The first-order valence-electron chi connectivity index (χ1n) is 5.63. The van der Waals surface area contributed by atoms with Crippen LogP contribution in [-0.2, 0) is 9.53 Å². The van der Waals surface area contributed by atoms with Crippen molar-refractivity contribution in [2.75, 3.05) is 11.9 Å². The number of benzene rings is 1. The van der Waals surface area contributed by atoms with E-state index in [2.05, 4.69) is 37.2 Å². The molecule has 1 aromatic heterocycles. The highest BCUT2D eigenvalue weighted by Gasteiger charge is 2.15. The van der Waals surface area contributed by atoms with Gasteiger partial charge < -0.3 is 10.1 Å². The number of esters is 1. The van der Waals surface area contributed by atoms with E-state index in [0.717, 1.165) is 8.26 Å². The third-order valence-electron chi connectivity index (χ3n) is 2.31. The number of hydrogen-bond acceptors (Lipinski definition) is 4. The number of anilines is 1. The SMILES string of the molecule is O=C(COC(=O)c1cc(Br)c(Br)s1)Nc1ccc(Cl)cc1. The van der Waals surface area contributed by atoms with Crippen LogP contribution in [-0.4, -0.2) is 18.5 Å². The third kappa shape index (κ3) is 4.81. The molecule has 4 nitrogen and oxygen atoms in total. The predicted molar refractivity (Wildman–Crippen MR) is 90.1 cm³/mol. The molecule has 0 radical (unpaired) electrons. The first-order valence-corrected chi connectivity index (χ1v) is 8.41. The Kier molecular flexibility index (Phi) is 5.80. The van der Waals surface area contributed by atoms with Crippen LogP contribution < -0.4 is 5.32 Å². The first-order chi connectivity index (χ1) is 9.95. The molecular weight excluding hydrogens is 445 g/mol. The van der Waals surface area contributed by atoms with Gasteiger partial charge in [0.15, 0.2) is 6.61 Å². The molecule has 0 unspecified atom stereocenters. The average molecular weight is 454 g/mol. The number of hydrogen-bond donors (Lipinski definition) is 1. The molecule has 0 aliphatic carbocycles. The van der Waals surface area contributed by atoms with Crippen molar-refractivity contribution in [1.82, 2.24) is 0 Å². The summed E-state index contributed by atoms with van der Waals surface area (Å²) in [4.78, 5) is 23.8. The van der Waals surface area contributed by atoms with E-state index in [1.165, 1.54) is 11.3 Å². The average Bonchev–Trinajstić information content (AvgIpc) is 2.79. The Morgan fingerprint density at radius 2 is 1.90 bits per heavy atom. The van der Waals surface area contributed by atoms with Crippen LogP contribution in [0.3, 0.4) is 0 Å². The summed E-state index contributed by atoms with van der Waals surface area (Å²) in [5.74, 6) is -0.960. The minimum Gasteiger partial charge on any atom is -0.451 e. The number of rotatable bonds is 4. The van der Waals surface area contributed by atoms with Crippen LogP contribution in [0.4, 0.5) is 5.69 Å². The standard InChI is InChI=1S/C13H8Br2ClNO3S/c14-9-5-10(21-12(9)15)13(19)20-6-11(18)17-8-3-1-7(16)2-4-8/h1-5H,6H2,(H,17,18). The summed E-state index contributed by atoms with van der Waals surface area (Å²) >= 11 is 13.5. The zero-order valence-electron chi connectivity index (χ0n) is 10.4. The summed E-state index contributed by atoms with van der Waals surface area (Å²) in [5, 5.41) is 3.18. The van der Waals surface area contributed by atoms with E-state index in [4.69, 9.17) is 16.3 Å². The lowest BCUT2D eigenvalue weighted by Gasteiger charge is -2.05. The molecule has 0 bridgehead atoms. The van der Waals surface area contributed by atoms with Gasteiger partial charge in [0.25, 0.3) is 5.91 Å². The van der Waals surface area contributed by atoms with Gasteiger partial charge in [-0.3, -0.25) is 4.79 Å². The van der Waals surface area contributed by atoms with Crippen LogP contribution in [0, 0.1) is 0 Å². The van der Waals surface area contributed by atoms with Crippen LogP contribution in [0.1, 0.15) is 9.67 Å². The molecule has 1 heterocycles. The van der Waals surface area contributed by atoms with Crippen LogP contribution in [0.25, 0.3) is 0 Å². The van der Waals surface area contributed by atoms with E-state index in [9.17, 15) is 9.59 Å². The topological polar surface area (TPSA) is 55.4 Å². The van der Waals surface area contributed by atoms with E-state index in [1.807, 2.05) is 0 Å². The van der Waals surface area contributed by atoms with E-state index >= 15 is 0 Å². The lowest BCUT2D eigenvalue weighted by molar-refractivity contribution is -0.119. The molecule has 1 aromatic carbocycles. The zero-order valence-corrected chi connectivity index (χ0v) is 15.1. The summed E-state index contributed by atoms with van der Waals surface area (Å²) in [6.07, 6.45) is 0. The quantitative estimate of drug-likeness (QED) is 0.682. The number of ether oxygens (including phenoxy) is 1. The van der Waals surface area contributed by atoms with Crippen LogP contribution in [0.15, 0.2) is 38.6 Å². The minimum atomic E-state index is -0.544. The predicted octanol–water partition coefficient (Wildman–Crippen LogP) is 4.72. The zero-order chi connectivity index (χ0) is 15.4. The van der Waals surface area contributed by atoms with Gasteiger partial charge in [-0.15, -0.1) is 11.3 Å². The summed E-state index contributed by atoms with van der Waals surface area (Å²) in [5.41, 5.74) is 0.585. The van der Waals surface area contributed by atoms with Crippen molar-refractivity contribution in [3.63, 3.8) is 0 Å². The molecule has 0 fully saturated rings. The number of carbonyl (C=O) groups is 2. The van der Waals surface area contributed by atoms with Crippen LogP contribution in [0.2, 0.25) is 5.02 Å². The lowest BCUT2D eigenvalue weighted by atomic mass is 10.3. The van der Waals surface area contributed by atoms with Crippen molar-refractivity contribution in [3.05, 3.63) is 48.5 Å². The fourth-order valence-electron chi connectivity index (χ4n) is 1.38. The van der Waals surface area contributed by atoms with Gasteiger partial charge in [-0.25, -0.2) is 4.79 Å². The number of nitrogens with one attached hydrogen (secondary N) is 1. The molecule has 0 saturated heterocycles. The Morgan fingerprint density at radius 3 is 2.48 bits per heavy atom. The van der Waals surface area contributed by atoms with Crippen molar-refractivity contribution in [3.8, 4) is 0 Å². The largest absolute Gasteiger partial charge is 0.451 e. The van der Waals surface area contributed by atoms with E-state index in [-0.39, 0.29) is 6.61 Å². The fourth-order valence-corrected chi connectivity index (χ4v) is 3.44. The summed E-state index contributed by atoms with van der Waals surface area (Å²) in [6.45, 7) is -0.353. The maximum atomic E-state index is 11.8. The molecule has 110 valence electrons.